The maximum absolute atomic E-state index is 12.8. The summed E-state index contributed by atoms with van der Waals surface area (Å²) >= 11 is 0. The molecule has 2 fully saturated rings. The van der Waals surface area contributed by atoms with Crippen LogP contribution in [0.25, 0.3) is 0 Å². The summed E-state index contributed by atoms with van der Waals surface area (Å²) in [6.07, 6.45) is -3.93. The Bertz CT molecular complexity index is 839. The molecule has 0 saturated carbocycles. The van der Waals surface area contributed by atoms with Crippen molar-refractivity contribution in [2.45, 2.75) is 24.7 Å². The first-order chi connectivity index (χ1) is 13.4. The van der Waals surface area contributed by atoms with Gasteiger partial charge in [0.2, 0.25) is 0 Å². The number of alkyl halides is 3. The van der Waals surface area contributed by atoms with Gasteiger partial charge in [0.1, 0.15) is 6.61 Å². The van der Waals surface area contributed by atoms with Gasteiger partial charge in [-0.15, -0.1) is 0 Å². The molecule has 28 heavy (non-hydrogen) atoms. The molecule has 0 aliphatic carbocycles. The van der Waals surface area contributed by atoms with Crippen molar-refractivity contribution in [2.24, 2.45) is 0 Å². The number of piperazine rings is 1. The fourth-order valence-corrected chi connectivity index (χ4v) is 4.11. The lowest BCUT2D eigenvalue weighted by Crippen LogP contribution is -2.62. The van der Waals surface area contributed by atoms with Crippen molar-refractivity contribution in [1.29, 1.82) is 0 Å². The van der Waals surface area contributed by atoms with Crippen molar-refractivity contribution < 1.29 is 22.7 Å². The molecule has 2 heterocycles. The Hall–Kier alpha value is -2.54. The van der Waals surface area contributed by atoms with Crippen molar-refractivity contribution in [1.82, 2.24) is 9.80 Å². The average Bonchev–Trinajstić information content (AvgIpc) is 2.98. The number of rotatable bonds is 4. The van der Waals surface area contributed by atoms with Gasteiger partial charge in [0.25, 0.3) is 0 Å². The highest BCUT2D eigenvalue weighted by Gasteiger charge is 2.50. The Morgan fingerprint density at radius 3 is 2.36 bits per heavy atom. The zero-order valence-corrected chi connectivity index (χ0v) is 15.3. The molecule has 148 valence electrons. The average molecular weight is 390 g/mol. The largest absolute Gasteiger partial charge is 0.447 e. The van der Waals surface area contributed by atoms with Crippen LogP contribution in [0.1, 0.15) is 16.7 Å². The lowest BCUT2D eigenvalue weighted by Gasteiger charge is -2.45. The van der Waals surface area contributed by atoms with E-state index in [4.69, 9.17) is 4.74 Å². The van der Waals surface area contributed by atoms with Crippen LogP contribution < -0.4 is 0 Å². The molecule has 2 aliphatic rings. The van der Waals surface area contributed by atoms with E-state index in [2.05, 4.69) is 4.90 Å². The maximum Gasteiger partial charge on any atom is 0.416 e. The second-order valence-corrected chi connectivity index (χ2v) is 7.50. The quantitative estimate of drug-likeness (QED) is 0.793. The first-order valence-corrected chi connectivity index (χ1v) is 9.23. The van der Waals surface area contributed by atoms with E-state index < -0.39 is 17.3 Å². The molecule has 1 amide bonds. The molecule has 7 heteroatoms. The Kier molecular flexibility index (Phi) is 4.79. The van der Waals surface area contributed by atoms with Crippen molar-refractivity contribution in [3.63, 3.8) is 0 Å². The molecule has 2 aliphatic heterocycles. The monoisotopic (exact) mass is 390 g/mol. The Morgan fingerprint density at radius 1 is 0.964 bits per heavy atom. The van der Waals surface area contributed by atoms with Gasteiger partial charge in [-0.1, -0.05) is 42.5 Å². The molecule has 0 radical (unpaired) electrons. The van der Waals surface area contributed by atoms with Crippen LogP contribution in [0.4, 0.5) is 18.0 Å². The molecule has 2 aromatic rings. The van der Waals surface area contributed by atoms with Gasteiger partial charge in [0, 0.05) is 32.6 Å². The molecule has 1 unspecified atom stereocenters. The topological polar surface area (TPSA) is 32.8 Å². The first-order valence-electron chi connectivity index (χ1n) is 9.23. The predicted octanol–water partition coefficient (Wildman–Crippen LogP) is 3.95. The van der Waals surface area contributed by atoms with Gasteiger partial charge < -0.3 is 4.74 Å². The standard InChI is InChI=1S/C21H21F3N2O2/c22-21(23,24)18-8-6-17(7-9-18)13-25-10-11-26-19(27)28-15-20(26,14-25)12-16-4-2-1-3-5-16/h1-9H,10-15H2. The summed E-state index contributed by atoms with van der Waals surface area (Å²) in [6, 6.07) is 15.2. The van der Waals surface area contributed by atoms with E-state index in [1.807, 2.05) is 35.2 Å². The third kappa shape index (κ3) is 3.71. The van der Waals surface area contributed by atoms with Crippen LogP contribution in [0.15, 0.2) is 54.6 Å². The van der Waals surface area contributed by atoms with Crippen molar-refractivity contribution in [3.05, 3.63) is 71.3 Å². The highest BCUT2D eigenvalue weighted by atomic mass is 19.4. The van der Waals surface area contributed by atoms with Gasteiger partial charge in [-0.2, -0.15) is 13.2 Å². The summed E-state index contributed by atoms with van der Waals surface area (Å²) < 4.78 is 43.6. The molecule has 4 rings (SSSR count). The minimum absolute atomic E-state index is 0.287. The molecule has 0 bridgehead atoms. The van der Waals surface area contributed by atoms with E-state index in [-0.39, 0.29) is 6.09 Å². The van der Waals surface area contributed by atoms with Crippen LogP contribution in [0.5, 0.6) is 0 Å². The van der Waals surface area contributed by atoms with Gasteiger partial charge in [0.05, 0.1) is 11.1 Å². The highest BCUT2D eigenvalue weighted by Crippen LogP contribution is 2.33. The number of halogens is 3. The Balaban J connectivity index is 1.50. The van der Waals surface area contributed by atoms with E-state index >= 15 is 0 Å². The number of nitrogens with zero attached hydrogens (tertiary/aromatic N) is 2. The van der Waals surface area contributed by atoms with Gasteiger partial charge in [-0.3, -0.25) is 9.80 Å². The predicted molar refractivity (Wildman–Crippen MR) is 97.7 cm³/mol. The van der Waals surface area contributed by atoms with E-state index in [1.165, 1.54) is 12.1 Å². The van der Waals surface area contributed by atoms with Gasteiger partial charge in [-0.05, 0) is 23.3 Å². The van der Waals surface area contributed by atoms with Gasteiger partial charge in [0.15, 0.2) is 0 Å². The molecule has 1 atom stereocenters. The minimum Gasteiger partial charge on any atom is -0.447 e. The lowest BCUT2D eigenvalue weighted by atomic mass is 9.88. The number of fused-ring (bicyclic) bond motifs is 1. The number of ether oxygens (including phenoxy) is 1. The molecule has 0 spiro atoms. The zero-order valence-electron chi connectivity index (χ0n) is 15.3. The smallest absolute Gasteiger partial charge is 0.416 e. The van der Waals surface area contributed by atoms with Gasteiger partial charge >= 0.3 is 12.3 Å². The number of carbonyl (C=O) groups excluding carboxylic acids is 1. The fraction of sp³-hybridized carbons (Fsp3) is 0.381. The van der Waals surface area contributed by atoms with Crippen LogP contribution >= 0.6 is 0 Å². The fourth-order valence-electron chi connectivity index (χ4n) is 4.11. The van der Waals surface area contributed by atoms with E-state index in [9.17, 15) is 18.0 Å². The third-order valence-corrected chi connectivity index (χ3v) is 5.48. The number of hydrogen-bond acceptors (Lipinski definition) is 3. The number of carbonyl (C=O) groups is 1. The Labute approximate surface area is 161 Å². The van der Waals surface area contributed by atoms with E-state index in [0.717, 1.165) is 23.3 Å². The summed E-state index contributed by atoms with van der Waals surface area (Å²) in [5.41, 5.74) is 0.864. The van der Waals surface area contributed by atoms with Crippen LogP contribution in [0.3, 0.4) is 0 Å². The number of cyclic esters (lactones) is 1. The second kappa shape index (κ2) is 7.13. The Morgan fingerprint density at radius 2 is 1.68 bits per heavy atom. The number of amides is 1. The zero-order chi connectivity index (χ0) is 19.8. The summed E-state index contributed by atoms with van der Waals surface area (Å²) in [7, 11) is 0. The van der Waals surface area contributed by atoms with Crippen LogP contribution in [-0.2, 0) is 23.9 Å². The first kappa shape index (κ1) is 18.8. The molecule has 4 nitrogen and oxygen atoms in total. The molecule has 2 saturated heterocycles. The van der Waals surface area contributed by atoms with Crippen molar-refractivity contribution >= 4 is 6.09 Å². The van der Waals surface area contributed by atoms with Gasteiger partial charge in [-0.25, -0.2) is 4.79 Å². The SMILES string of the molecule is O=C1OCC2(Cc3ccccc3)CN(Cc3ccc(C(F)(F)F)cc3)CCN12. The lowest BCUT2D eigenvalue weighted by molar-refractivity contribution is -0.137. The second-order valence-electron chi connectivity index (χ2n) is 7.50. The summed E-state index contributed by atoms with van der Waals surface area (Å²) in [4.78, 5) is 16.2. The summed E-state index contributed by atoms with van der Waals surface area (Å²) in [6.45, 7) is 2.69. The van der Waals surface area contributed by atoms with Crippen LogP contribution in [-0.4, -0.2) is 47.7 Å². The molecule has 0 N–H and O–H groups in total. The van der Waals surface area contributed by atoms with Crippen molar-refractivity contribution in [3.8, 4) is 0 Å². The van der Waals surface area contributed by atoms with E-state index in [0.29, 0.717) is 39.2 Å². The molecule has 0 aromatic heterocycles. The minimum atomic E-state index is -4.33. The van der Waals surface area contributed by atoms with E-state index in [1.54, 1.807) is 0 Å². The molecular formula is C21H21F3N2O2. The number of benzene rings is 2. The number of hydrogen-bond donors (Lipinski definition) is 0. The van der Waals surface area contributed by atoms with Crippen molar-refractivity contribution in [2.75, 3.05) is 26.2 Å². The summed E-state index contributed by atoms with van der Waals surface area (Å²) in [5, 5.41) is 0. The van der Waals surface area contributed by atoms with Crippen LogP contribution in [0.2, 0.25) is 0 Å². The van der Waals surface area contributed by atoms with Crippen LogP contribution in [0, 0.1) is 0 Å². The maximum atomic E-state index is 12.8. The normalized spacial score (nSPS) is 22.8. The molecular weight excluding hydrogens is 369 g/mol. The summed E-state index contributed by atoms with van der Waals surface area (Å²) in [5.74, 6) is 0. The third-order valence-electron chi connectivity index (χ3n) is 5.48. The highest BCUT2D eigenvalue weighted by molar-refractivity contribution is 5.71. The molecule has 2 aromatic carbocycles.